The van der Waals surface area contributed by atoms with E-state index in [1.165, 1.54) is 0 Å². The first-order valence-electron chi connectivity index (χ1n) is 9.18. The summed E-state index contributed by atoms with van der Waals surface area (Å²) in [4.78, 5) is 18.6. The first kappa shape index (κ1) is 17.3. The molecule has 1 amide bonds. The normalized spacial score (nSPS) is 26.0. The van der Waals surface area contributed by atoms with E-state index in [1.54, 1.807) is 12.4 Å². The van der Waals surface area contributed by atoms with Gasteiger partial charge in [0.05, 0.1) is 16.4 Å². The van der Waals surface area contributed by atoms with Gasteiger partial charge in [0.2, 0.25) is 0 Å². The highest BCUT2D eigenvalue weighted by Gasteiger charge is 2.51. The van der Waals surface area contributed by atoms with Crippen molar-refractivity contribution in [1.29, 1.82) is 0 Å². The fraction of sp³-hybridized carbons (Fsp3) is 0.684. The number of thioether (sulfide) groups is 1. The summed E-state index contributed by atoms with van der Waals surface area (Å²) in [5.74, 6) is 1.81. The Hall–Kier alpha value is -1.11. The van der Waals surface area contributed by atoms with Crippen molar-refractivity contribution in [2.45, 2.75) is 37.0 Å². The van der Waals surface area contributed by atoms with Gasteiger partial charge in [-0.2, -0.15) is 0 Å². The highest BCUT2D eigenvalue weighted by atomic mass is 32.2. The van der Waals surface area contributed by atoms with E-state index in [-0.39, 0.29) is 10.7 Å². The maximum atomic E-state index is 12.6. The zero-order chi connectivity index (χ0) is 17.3. The zero-order valence-electron chi connectivity index (χ0n) is 14.8. The van der Waals surface area contributed by atoms with Crippen LogP contribution >= 0.6 is 11.8 Å². The predicted octanol–water partition coefficient (Wildman–Crippen LogP) is 2.53. The average molecular weight is 362 g/mol. The molecule has 1 aromatic heterocycles. The lowest BCUT2D eigenvalue weighted by Gasteiger charge is -2.47. The highest BCUT2D eigenvalue weighted by molar-refractivity contribution is 8.01. The van der Waals surface area contributed by atoms with Gasteiger partial charge in [-0.1, -0.05) is 0 Å². The average Bonchev–Trinajstić information content (AvgIpc) is 3.04. The highest BCUT2D eigenvalue weighted by Crippen LogP contribution is 2.46. The van der Waals surface area contributed by atoms with Crippen molar-refractivity contribution in [3.63, 3.8) is 0 Å². The Morgan fingerprint density at radius 2 is 2.20 bits per heavy atom. The topological polar surface area (TPSA) is 51.7 Å². The molecule has 6 heteroatoms. The lowest BCUT2D eigenvalue weighted by atomic mass is 9.92. The van der Waals surface area contributed by atoms with Gasteiger partial charge in [-0.3, -0.25) is 9.78 Å². The SMILES string of the molecule is Cc1cncc(C(=O)N2CC3(C[C@H](OCC4CCOCC4)CS3)C2)c1. The van der Waals surface area contributed by atoms with Gasteiger partial charge < -0.3 is 14.4 Å². The van der Waals surface area contributed by atoms with Gasteiger partial charge in [-0.05, 0) is 43.7 Å². The fourth-order valence-corrected chi connectivity index (χ4v) is 5.51. The van der Waals surface area contributed by atoms with Crippen LogP contribution in [0.2, 0.25) is 0 Å². The third-order valence-electron chi connectivity index (χ3n) is 5.45. The number of carbonyl (C=O) groups is 1. The Morgan fingerprint density at radius 3 is 2.96 bits per heavy atom. The summed E-state index contributed by atoms with van der Waals surface area (Å²) < 4.78 is 11.8. The van der Waals surface area contributed by atoms with Gasteiger partial charge in [0.25, 0.3) is 5.91 Å². The number of likely N-dealkylation sites (tertiary alicyclic amines) is 1. The number of carbonyl (C=O) groups excluding carboxylic acids is 1. The largest absolute Gasteiger partial charge is 0.381 e. The predicted molar refractivity (Wildman–Crippen MR) is 98.0 cm³/mol. The fourth-order valence-electron chi connectivity index (χ4n) is 3.96. The number of aryl methyl sites for hydroxylation is 1. The number of ether oxygens (including phenoxy) is 2. The molecule has 0 N–H and O–H groups in total. The molecule has 0 unspecified atom stereocenters. The van der Waals surface area contributed by atoms with Crippen molar-refractivity contribution in [3.8, 4) is 0 Å². The van der Waals surface area contributed by atoms with Crippen LogP contribution in [0.1, 0.15) is 35.2 Å². The van der Waals surface area contributed by atoms with Crippen LogP contribution in [-0.2, 0) is 9.47 Å². The zero-order valence-corrected chi connectivity index (χ0v) is 15.6. The van der Waals surface area contributed by atoms with Crippen LogP contribution in [0.5, 0.6) is 0 Å². The van der Waals surface area contributed by atoms with Crippen LogP contribution in [-0.4, -0.2) is 65.3 Å². The van der Waals surface area contributed by atoms with Crippen LogP contribution < -0.4 is 0 Å². The summed E-state index contributed by atoms with van der Waals surface area (Å²) in [6.45, 7) is 6.25. The van der Waals surface area contributed by atoms with E-state index in [4.69, 9.17) is 9.47 Å². The molecule has 1 spiro atoms. The number of rotatable bonds is 4. The molecule has 5 nitrogen and oxygen atoms in total. The smallest absolute Gasteiger partial charge is 0.255 e. The number of pyridine rings is 1. The summed E-state index contributed by atoms with van der Waals surface area (Å²) in [5.41, 5.74) is 1.73. The molecule has 1 atom stereocenters. The summed E-state index contributed by atoms with van der Waals surface area (Å²) in [6.07, 6.45) is 7.10. The van der Waals surface area contributed by atoms with Crippen LogP contribution in [0.25, 0.3) is 0 Å². The summed E-state index contributed by atoms with van der Waals surface area (Å²) in [7, 11) is 0. The van der Waals surface area contributed by atoms with Crippen LogP contribution in [0, 0.1) is 12.8 Å². The van der Waals surface area contributed by atoms with Crippen molar-refractivity contribution < 1.29 is 14.3 Å². The standard InChI is InChI=1S/C19H26N2O3S/c1-14-6-16(9-20-8-14)18(22)21-12-19(13-21)7-17(11-25-19)24-10-15-2-4-23-5-3-15/h6,8-9,15,17H,2-5,7,10-13H2,1H3/t17-/m0/s1. The van der Waals surface area contributed by atoms with Crippen LogP contribution in [0.3, 0.4) is 0 Å². The molecule has 25 heavy (non-hydrogen) atoms. The van der Waals surface area contributed by atoms with Gasteiger partial charge in [-0.25, -0.2) is 0 Å². The Labute approximate surface area is 153 Å². The third-order valence-corrected chi connectivity index (χ3v) is 7.03. The quantitative estimate of drug-likeness (QED) is 0.824. The number of aromatic nitrogens is 1. The molecule has 0 radical (unpaired) electrons. The van der Waals surface area contributed by atoms with Gasteiger partial charge >= 0.3 is 0 Å². The molecule has 0 saturated carbocycles. The van der Waals surface area contributed by atoms with Gasteiger partial charge in [0, 0.05) is 51.1 Å². The molecular formula is C19H26N2O3S. The number of hydrogen-bond donors (Lipinski definition) is 0. The van der Waals surface area contributed by atoms with Crippen LogP contribution in [0.15, 0.2) is 18.5 Å². The molecule has 3 aliphatic heterocycles. The Morgan fingerprint density at radius 1 is 1.40 bits per heavy atom. The lowest BCUT2D eigenvalue weighted by molar-refractivity contribution is -0.0118. The van der Waals surface area contributed by atoms with E-state index in [0.29, 0.717) is 17.6 Å². The van der Waals surface area contributed by atoms with Gasteiger partial charge in [0.1, 0.15) is 0 Å². The monoisotopic (exact) mass is 362 g/mol. The molecule has 0 bridgehead atoms. The van der Waals surface area contributed by atoms with E-state index in [2.05, 4.69) is 4.98 Å². The molecule has 0 aromatic carbocycles. The van der Waals surface area contributed by atoms with Gasteiger partial charge in [-0.15, -0.1) is 11.8 Å². The van der Waals surface area contributed by atoms with Crippen molar-refractivity contribution >= 4 is 17.7 Å². The van der Waals surface area contributed by atoms with E-state index in [0.717, 1.165) is 63.5 Å². The molecule has 1 aromatic rings. The number of amides is 1. The second-order valence-electron chi connectivity index (χ2n) is 7.62. The van der Waals surface area contributed by atoms with E-state index >= 15 is 0 Å². The molecular weight excluding hydrogens is 336 g/mol. The van der Waals surface area contributed by atoms with Crippen molar-refractivity contribution in [2.75, 3.05) is 38.7 Å². The maximum absolute atomic E-state index is 12.6. The lowest BCUT2D eigenvalue weighted by Crippen LogP contribution is -2.60. The molecule has 0 aliphatic carbocycles. The number of hydrogen-bond acceptors (Lipinski definition) is 5. The van der Waals surface area contributed by atoms with E-state index in [1.807, 2.05) is 29.7 Å². The maximum Gasteiger partial charge on any atom is 0.255 e. The minimum Gasteiger partial charge on any atom is -0.381 e. The Kier molecular flexibility index (Phi) is 5.02. The molecule has 136 valence electrons. The van der Waals surface area contributed by atoms with Crippen molar-refractivity contribution in [3.05, 3.63) is 29.6 Å². The van der Waals surface area contributed by atoms with Crippen molar-refractivity contribution in [2.24, 2.45) is 5.92 Å². The minimum absolute atomic E-state index is 0.106. The molecule has 3 saturated heterocycles. The van der Waals surface area contributed by atoms with E-state index in [9.17, 15) is 4.79 Å². The second-order valence-corrected chi connectivity index (χ2v) is 9.11. The third kappa shape index (κ3) is 3.86. The van der Waals surface area contributed by atoms with Gasteiger partial charge in [0.15, 0.2) is 0 Å². The van der Waals surface area contributed by atoms with Crippen molar-refractivity contribution in [1.82, 2.24) is 9.88 Å². The minimum atomic E-state index is 0.106. The molecule has 3 fully saturated rings. The first-order valence-corrected chi connectivity index (χ1v) is 10.2. The summed E-state index contributed by atoms with van der Waals surface area (Å²) >= 11 is 1.99. The molecule has 4 rings (SSSR count). The Bertz CT molecular complexity index is 627. The second kappa shape index (κ2) is 7.25. The Balaban J connectivity index is 1.25. The van der Waals surface area contributed by atoms with Crippen LogP contribution in [0.4, 0.5) is 0 Å². The molecule has 4 heterocycles. The van der Waals surface area contributed by atoms with E-state index < -0.39 is 0 Å². The molecule has 3 aliphatic rings. The summed E-state index contributed by atoms with van der Waals surface area (Å²) in [5, 5.41) is 0. The summed E-state index contributed by atoms with van der Waals surface area (Å²) in [6, 6.07) is 1.92. The number of nitrogens with zero attached hydrogens (tertiary/aromatic N) is 2. The first-order chi connectivity index (χ1) is 12.1.